The molecule has 22 heavy (non-hydrogen) atoms. The summed E-state index contributed by atoms with van der Waals surface area (Å²) in [6.45, 7) is 0.397. The normalized spacial score (nSPS) is 27.5. The number of amides is 1. The van der Waals surface area contributed by atoms with E-state index >= 15 is 0 Å². The van der Waals surface area contributed by atoms with Gasteiger partial charge in [0.2, 0.25) is 5.91 Å². The lowest BCUT2D eigenvalue weighted by molar-refractivity contribution is -0.137. The number of rotatable bonds is 3. The van der Waals surface area contributed by atoms with Gasteiger partial charge in [0.1, 0.15) is 5.78 Å². The maximum Gasteiger partial charge on any atom is 0.223 e. The number of nitrogens with one attached hydrogen (secondary N) is 1. The van der Waals surface area contributed by atoms with E-state index in [1.165, 1.54) is 0 Å². The Kier molecular flexibility index (Phi) is 4.74. The number of ketones is 1. The summed E-state index contributed by atoms with van der Waals surface area (Å²) in [6, 6.07) is 5.26. The highest BCUT2D eigenvalue weighted by Gasteiger charge is 2.41. The van der Waals surface area contributed by atoms with Crippen LogP contribution in [0.25, 0.3) is 0 Å². The molecule has 2 bridgehead atoms. The molecule has 1 aromatic rings. The van der Waals surface area contributed by atoms with Gasteiger partial charge in [-0.3, -0.25) is 9.59 Å². The number of halogens is 2. The van der Waals surface area contributed by atoms with Gasteiger partial charge in [-0.05, 0) is 43.4 Å². The van der Waals surface area contributed by atoms with Crippen LogP contribution in [0.4, 0.5) is 0 Å². The first-order valence-corrected chi connectivity index (χ1v) is 8.55. The molecule has 0 spiro atoms. The van der Waals surface area contributed by atoms with Crippen LogP contribution < -0.4 is 5.32 Å². The van der Waals surface area contributed by atoms with E-state index in [4.69, 9.17) is 23.2 Å². The molecule has 0 aliphatic heterocycles. The Labute approximate surface area is 140 Å². The monoisotopic (exact) mass is 339 g/mol. The molecule has 2 saturated carbocycles. The second-order valence-electron chi connectivity index (χ2n) is 6.35. The SMILES string of the molecule is O=C(NCc1ccc(Cl)cc1Cl)C1C[C@H]2CCC[C@H](C1)C2=O. The van der Waals surface area contributed by atoms with Gasteiger partial charge in [-0.25, -0.2) is 0 Å². The first-order valence-electron chi connectivity index (χ1n) is 7.80. The molecule has 0 aromatic heterocycles. The van der Waals surface area contributed by atoms with E-state index in [9.17, 15) is 9.59 Å². The van der Waals surface area contributed by atoms with E-state index in [-0.39, 0.29) is 23.7 Å². The molecule has 1 aromatic carbocycles. The van der Waals surface area contributed by atoms with Crippen LogP contribution in [0.2, 0.25) is 10.0 Å². The zero-order valence-corrected chi connectivity index (χ0v) is 13.8. The topological polar surface area (TPSA) is 46.2 Å². The second kappa shape index (κ2) is 6.59. The number of hydrogen-bond donors (Lipinski definition) is 1. The smallest absolute Gasteiger partial charge is 0.223 e. The van der Waals surface area contributed by atoms with E-state index in [0.717, 1.165) is 24.8 Å². The van der Waals surface area contributed by atoms with Gasteiger partial charge in [0.25, 0.3) is 0 Å². The van der Waals surface area contributed by atoms with Crippen LogP contribution in [0.1, 0.15) is 37.7 Å². The highest BCUT2D eigenvalue weighted by molar-refractivity contribution is 6.35. The lowest BCUT2D eigenvalue weighted by atomic mass is 9.67. The van der Waals surface area contributed by atoms with Crippen molar-refractivity contribution in [2.75, 3.05) is 0 Å². The van der Waals surface area contributed by atoms with Gasteiger partial charge in [-0.1, -0.05) is 35.7 Å². The third-order valence-electron chi connectivity index (χ3n) is 4.89. The Hall–Kier alpha value is -1.06. The van der Waals surface area contributed by atoms with Crippen LogP contribution in [0, 0.1) is 17.8 Å². The van der Waals surface area contributed by atoms with Crippen molar-refractivity contribution in [2.45, 2.75) is 38.6 Å². The van der Waals surface area contributed by atoms with Crippen LogP contribution in [0.15, 0.2) is 18.2 Å². The second-order valence-corrected chi connectivity index (χ2v) is 7.19. The van der Waals surface area contributed by atoms with E-state index in [0.29, 0.717) is 35.2 Å². The fraction of sp³-hybridized carbons (Fsp3) is 0.529. The molecule has 2 aliphatic carbocycles. The third-order valence-corrected chi connectivity index (χ3v) is 5.47. The number of benzene rings is 1. The molecule has 0 heterocycles. The molecule has 2 aliphatic rings. The molecule has 0 radical (unpaired) electrons. The highest BCUT2D eigenvalue weighted by Crippen LogP contribution is 2.40. The Balaban J connectivity index is 1.59. The maximum atomic E-state index is 12.4. The predicted molar refractivity (Wildman–Crippen MR) is 86.9 cm³/mol. The number of carbonyl (C=O) groups excluding carboxylic acids is 2. The van der Waals surface area contributed by atoms with E-state index in [2.05, 4.69) is 5.32 Å². The Bertz CT molecular complexity index is 586. The van der Waals surface area contributed by atoms with Gasteiger partial charge in [0.15, 0.2) is 0 Å². The molecule has 2 fully saturated rings. The van der Waals surface area contributed by atoms with Crippen molar-refractivity contribution in [3.05, 3.63) is 33.8 Å². The van der Waals surface area contributed by atoms with Crippen molar-refractivity contribution in [1.29, 1.82) is 0 Å². The summed E-state index contributed by atoms with van der Waals surface area (Å²) < 4.78 is 0. The highest BCUT2D eigenvalue weighted by atomic mass is 35.5. The van der Waals surface area contributed by atoms with Gasteiger partial charge in [-0.2, -0.15) is 0 Å². The summed E-state index contributed by atoms with van der Waals surface area (Å²) in [7, 11) is 0. The lowest BCUT2D eigenvalue weighted by Crippen LogP contribution is -2.42. The lowest BCUT2D eigenvalue weighted by Gasteiger charge is -2.36. The van der Waals surface area contributed by atoms with Crippen molar-refractivity contribution in [3.8, 4) is 0 Å². The number of carbonyl (C=O) groups is 2. The molecule has 1 amide bonds. The number of hydrogen-bond acceptors (Lipinski definition) is 2. The van der Waals surface area contributed by atoms with Gasteiger partial charge < -0.3 is 5.32 Å². The summed E-state index contributed by atoms with van der Waals surface area (Å²) in [6.07, 6.45) is 4.42. The Morgan fingerprint density at radius 1 is 1.18 bits per heavy atom. The van der Waals surface area contributed by atoms with Gasteiger partial charge in [0, 0.05) is 34.3 Å². The molecular formula is C17H19Cl2NO2. The van der Waals surface area contributed by atoms with Crippen LogP contribution in [-0.2, 0) is 16.1 Å². The zero-order valence-electron chi connectivity index (χ0n) is 12.3. The summed E-state index contributed by atoms with van der Waals surface area (Å²) in [5, 5.41) is 4.10. The van der Waals surface area contributed by atoms with Crippen LogP contribution in [0.3, 0.4) is 0 Å². The molecule has 0 saturated heterocycles. The minimum atomic E-state index is -0.0425. The van der Waals surface area contributed by atoms with E-state index in [1.807, 2.05) is 6.07 Å². The first-order chi connectivity index (χ1) is 10.5. The average Bonchev–Trinajstić information content (AvgIpc) is 2.45. The summed E-state index contributed by atoms with van der Waals surface area (Å²) in [5.41, 5.74) is 0.853. The molecule has 5 heteroatoms. The van der Waals surface area contributed by atoms with E-state index < -0.39 is 0 Å². The summed E-state index contributed by atoms with van der Waals surface area (Å²) in [5.74, 6) is 0.579. The molecule has 3 rings (SSSR count). The van der Waals surface area contributed by atoms with Crippen molar-refractivity contribution in [1.82, 2.24) is 5.32 Å². The first kappa shape index (κ1) is 15.8. The largest absolute Gasteiger partial charge is 0.352 e. The standard InChI is InChI=1S/C17H19Cl2NO2/c18-14-5-4-12(15(19)8-14)9-20-17(22)13-6-10-2-1-3-11(7-13)16(10)21/h4-5,8,10-11,13H,1-3,6-7,9H2,(H,20,22)/t10-,11-/m1/s1. The Morgan fingerprint density at radius 2 is 1.86 bits per heavy atom. The van der Waals surface area contributed by atoms with Crippen molar-refractivity contribution < 1.29 is 9.59 Å². The average molecular weight is 340 g/mol. The number of Topliss-reactive ketones (excluding diaryl/α,β-unsaturated/α-hetero) is 1. The molecule has 2 atom stereocenters. The third kappa shape index (κ3) is 3.31. The van der Waals surface area contributed by atoms with Crippen molar-refractivity contribution >= 4 is 34.9 Å². The zero-order chi connectivity index (χ0) is 15.7. The molecular weight excluding hydrogens is 321 g/mol. The van der Waals surface area contributed by atoms with Crippen molar-refractivity contribution in [3.63, 3.8) is 0 Å². The fourth-order valence-electron chi connectivity index (χ4n) is 3.69. The number of fused-ring (bicyclic) bond motifs is 2. The molecule has 118 valence electrons. The van der Waals surface area contributed by atoms with Crippen LogP contribution in [0.5, 0.6) is 0 Å². The summed E-state index contributed by atoms with van der Waals surface area (Å²) in [4.78, 5) is 24.5. The van der Waals surface area contributed by atoms with Crippen molar-refractivity contribution in [2.24, 2.45) is 17.8 Å². The quantitative estimate of drug-likeness (QED) is 0.904. The predicted octanol–water partition coefficient (Wildman–Crippen LogP) is 4.01. The minimum absolute atomic E-state index is 0.0374. The van der Waals surface area contributed by atoms with Gasteiger partial charge in [0.05, 0.1) is 0 Å². The maximum absolute atomic E-state index is 12.4. The van der Waals surface area contributed by atoms with E-state index in [1.54, 1.807) is 12.1 Å². The van der Waals surface area contributed by atoms with Crippen LogP contribution >= 0.6 is 23.2 Å². The van der Waals surface area contributed by atoms with Crippen LogP contribution in [-0.4, -0.2) is 11.7 Å². The molecule has 0 unspecified atom stereocenters. The molecule has 3 nitrogen and oxygen atoms in total. The Morgan fingerprint density at radius 3 is 2.50 bits per heavy atom. The fourth-order valence-corrected chi connectivity index (χ4v) is 4.16. The van der Waals surface area contributed by atoms with Gasteiger partial charge in [-0.15, -0.1) is 0 Å². The van der Waals surface area contributed by atoms with Gasteiger partial charge >= 0.3 is 0 Å². The molecule has 1 N–H and O–H groups in total. The summed E-state index contributed by atoms with van der Waals surface area (Å²) >= 11 is 12.0. The minimum Gasteiger partial charge on any atom is -0.352 e.